The lowest BCUT2D eigenvalue weighted by molar-refractivity contribution is -0.137. The molecule has 1 saturated heterocycles. The summed E-state index contributed by atoms with van der Waals surface area (Å²) in [5, 5.41) is 0. The van der Waals surface area contributed by atoms with Gasteiger partial charge in [-0.1, -0.05) is 34.6 Å². The van der Waals surface area contributed by atoms with E-state index in [0.717, 1.165) is 19.3 Å². The Morgan fingerprint density at radius 1 is 1.05 bits per heavy atom. The minimum absolute atomic E-state index is 0.299. The molecule has 1 saturated carbocycles. The molecule has 5 heteroatoms. The number of anilines is 1. The van der Waals surface area contributed by atoms with Crippen LogP contribution < -0.4 is 4.90 Å². The van der Waals surface area contributed by atoms with E-state index < -0.39 is 11.7 Å². The van der Waals surface area contributed by atoms with E-state index in [4.69, 9.17) is 0 Å². The fourth-order valence-corrected chi connectivity index (χ4v) is 3.78. The average Bonchev–Trinajstić information content (AvgIpc) is 2.98. The second-order valence-corrected chi connectivity index (χ2v) is 7.05. The van der Waals surface area contributed by atoms with Gasteiger partial charge in [0, 0.05) is 19.3 Å². The molecule has 0 bridgehead atoms. The lowest BCUT2D eigenvalue weighted by Crippen LogP contribution is -2.27. The molecule has 22 heavy (non-hydrogen) atoms. The van der Waals surface area contributed by atoms with E-state index in [1.165, 1.54) is 12.3 Å². The van der Waals surface area contributed by atoms with Gasteiger partial charge in [-0.25, -0.2) is 0 Å². The van der Waals surface area contributed by atoms with Crippen LogP contribution in [0.3, 0.4) is 0 Å². The summed E-state index contributed by atoms with van der Waals surface area (Å²) in [4.78, 5) is 5.78. The van der Waals surface area contributed by atoms with Gasteiger partial charge in [0.15, 0.2) is 0 Å². The summed E-state index contributed by atoms with van der Waals surface area (Å²) in [5.74, 6) is 1.96. The van der Waals surface area contributed by atoms with Crippen molar-refractivity contribution in [2.24, 2.45) is 23.2 Å². The smallest absolute Gasteiger partial charge is 0.370 e. The maximum absolute atomic E-state index is 12.7. The molecule has 0 aromatic carbocycles. The second kappa shape index (κ2) is 5.74. The molecule has 2 nitrogen and oxygen atoms in total. The first kappa shape index (κ1) is 17.1. The molecule has 1 aliphatic carbocycles. The number of fused-ring (bicyclic) bond motifs is 1. The summed E-state index contributed by atoms with van der Waals surface area (Å²) in [5.41, 5.74) is 0.232. The summed E-state index contributed by atoms with van der Waals surface area (Å²) in [6.45, 7) is 12.4. The molecule has 2 aliphatic rings. The maximum Gasteiger partial charge on any atom is 0.417 e. The van der Waals surface area contributed by atoms with Gasteiger partial charge in [-0.15, -0.1) is 0 Å². The minimum atomic E-state index is -4.32. The third kappa shape index (κ3) is 3.23. The molecule has 2 atom stereocenters. The molecule has 2 heterocycles. The fourth-order valence-electron chi connectivity index (χ4n) is 3.78. The van der Waals surface area contributed by atoms with Crippen LogP contribution in [0.2, 0.25) is 0 Å². The van der Waals surface area contributed by atoms with Gasteiger partial charge in [0.05, 0.1) is 17.4 Å². The molecular weight excluding hydrogens is 289 g/mol. The molecule has 2 unspecified atom stereocenters. The van der Waals surface area contributed by atoms with E-state index in [0.29, 0.717) is 28.9 Å². The van der Waals surface area contributed by atoms with Crippen LogP contribution in [0.15, 0.2) is 18.5 Å². The lowest BCUT2D eigenvalue weighted by atomic mass is 9.87. The van der Waals surface area contributed by atoms with Crippen molar-refractivity contribution in [3.63, 3.8) is 0 Å². The normalized spacial score (nSPS) is 27.1. The first-order valence-corrected chi connectivity index (χ1v) is 7.95. The van der Waals surface area contributed by atoms with E-state index in [9.17, 15) is 13.2 Å². The number of aromatic nitrogens is 1. The summed E-state index contributed by atoms with van der Waals surface area (Å²) in [6.07, 6.45) is -1.90. The van der Waals surface area contributed by atoms with Crippen LogP contribution in [-0.2, 0) is 6.18 Å². The number of alkyl halides is 3. The van der Waals surface area contributed by atoms with E-state index in [-0.39, 0.29) is 0 Å². The van der Waals surface area contributed by atoms with Crippen molar-refractivity contribution in [3.05, 3.63) is 24.0 Å². The number of piperidine rings is 1. The predicted octanol–water partition coefficient (Wildman–Crippen LogP) is 4.85. The molecular formula is C17H25F3N2. The highest BCUT2D eigenvalue weighted by Crippen LogP contribution is 2.60. The quantitative estimate of drug-likeness (QED) is 0.736. The van der Waals surface area contributed by atoms with Gasteiger partial charge in [0.2, 0.25) is 0 Å². The van der Waals surface area contributed by atoms with Crippen molar-refractivity contribution >= 4 is 5.69 Å². The van der Waals surface area contributed by atoms with Crippen LogP contribution in [0.1, 0.15) is 40.2 Å². The molecule has 1 aromatic rings. The number of hydrogen-bond acceptors (Lipinski definition) is 2. The first-order valence-electron chi connectivity index (χ1n) is 7.95. The molecule has 3 rings (SSSR count). The molecule has 0 amide bonds. The molecule has 124 valence electrons. The summed E-state index contributed by atoms with van der Waals surface area (Å²) in [7, 11) is 0. The Morgan fingerprint density at radius 2 is 1.59 bits per heavy atom. The summed E-state index contributed by atoms with van der Waals surface area (Å²) >= 11 is 0. The third-order valence-electron chi connectivity index (χ3n) is 4.61. The van der Waals surface area contributed by atoms with Crippen LogP contribution in [0.4, 0.5) is 18.9 Å². The highest BCUT2D eigenvalue weighted by Gasteiger charge is 2.59. The van der Waals surface area contributed by atoms with Gasteiger partial charge in [-0.2, -0.15) is 13.2 Å². The Bertz CT molecular complexity index is 507. The van der Waals surface area contributed by atoms with Crippen molar-refractivity contribution in [2.75, 3.05) is 18.0 Å². The molecule has 2 fully saturated rings. The SMILES string of the molecule is CC.CC(C)(C)C1C2CN(c3cncc(C(F)(F)F)c3)CC21. The Morgan fingerprint density at radius 3 is 2.05 bits per heavy atom. The molecule has 1 aromatic heterocycles. The van der Waals surface area contributed by atoms with E-state index in [2.05, 4.69) is 25.8 Å². The van der Waals surface area contributed by atoms with Gasteiger partial charge < -0.3 is 4.90 Å². The van der Waals surface area contributed by atoms with Crippen molar-refractivity contribution in [1.82, 2.24) is 4.98 Å². The summed E-state index contributed by atoms with van der Waals surface area (Å²) < 4.78 is 38.1. The van der Waals surface area contributed by atoms with Crippen LogP contribution in [0.5, 0.6) is 0 Å². The number of nitrogens with zero attached hydrogens (tertiary/aromatic N) is 2. The van der Waals surface area contributed by atoms with Crippen LogP contribution in [-0.4, -0.2) is 18.1 Å². The van der Waals surface area contributed by atoms with Crippen LogP contribution in [0.25, 0.3) is 0 Å². The van der Waals surface area contributed by atoms with Gasteiger partial charge in [0.25, 0.3) is 0 Å². The standard InChI is InChI=1S/C15H19F3N2.C2H6/c1-14(2,3)13-11-7-20(8-12(11)13)10-4-9(5-19-6-10)15(16,17)18;1-2/h4-6,11-13H,7-8H2,1-3H3;1-2H3. The van der Waals surface area contributed by atoms with Gasteiger partial charge in [0.1, 0.15) is 0 Å². The molecule has 0 radical (unpaired) electrons. The number of hydrogen-bond donors (Lipinski definition) is 0. The average molecular weight is 314 g/mol. The van der Waals surface area contributed by atoms with Crippen molar-refractivity contribution in [1.29, 1.82) is 0 Å². The Hall–Kier alpha value is -1.26. The zero-order chi connectivity index (χ0) is 16.7. The van der Waals surface area contributed by atoms with E-state index >= 15 is 0 Å². The third-order valence-corrected chi connectivity index (χ3v) is 4.61. The van der Waals surface area contributed by atoms with Crippen LogP contribution in [0, 0.1) is 23.2 Å². The Kier molecular flexibility index (Phi) is 4.46. The highest BCUT2D eigenvalue weighted by molar-refractivity contribution is 5.49. The van der Waals surface area contributed by atoms with Crippen molar-refractivity contribution in [3.8, 4) is 0 Å². The molecule has 0 spiro atoms. The second-order valence-electron chi connectivity index (χ2n) is 7.05. The van der Waals surface area contributed by atoms with E-state index in [1.807, 2.05) is 18.7 Å². The summed E-state index contributed by atoms with van der Waals surface area (Å²) in [6, 6.07) is 1.21. The predicted molar refractivity (Wildman–Crippen MR) is 82.7 cm³/mol. The minimum Gasteiger partial charge on any atom is -0.370 e. The Labute approximate surface area is 130 Å². The zero-order valence-corrected chi connectivity index (χ0v) is 13.9. The highest BCUT2D eigenvalue weighted by atomic mass is 19.4. The number of halogens is 3. The van der Waals surface area contributed by atoms with Gasteiger partial charge in [-0.05, 0) is 29.2 Å². The fraction of sp³-hybridized carbons (Fsp3) is 0.706. The largest absolute Gasteiger partial charge is 0.417 e. The first-order chi connectivity index (χ1) is 10.2. The maximum atomic E-state index is 12.7. The van der Waals surface area contributed by atoms with Crippen molar-refractivity contribution in [2.45, 2.75) is 40.8 Å². The molecule has 0 N–H and O–H groups in total. The van der Waals surface area contributed by atoms with Crippen molar-refractivity contribution < 1.29 is 13.2 Å². The lowest BCUT2D eigenvalue weighted by Gasteiger charge is -2.27. The van der Waals surface area contributed by atoms with Gasteiger partial charge in [-0.3, -0.25) is 4.98 Å². The monoisotopic (exact) mass is 314 g/mol. The molecule has 1 aliphatic heterocycles. The Balaban J connectivity index is 0.000000847. The number of pyridine rings is 1. The van der Waals surface area contributed by atoms with Crippen LogP contribution >= 0.6 is 0 Å². The number of rotatable bonds is 1. The topological polar surface area (TPSA) is 16.1 Å². The van der Waals surface area contributed by atoms with Gasteiger partial charge >= 0.3 is 6.18 Å². The zero-order valence-electron chi connectivity index (χ0n) is 13.9. The van der Waals surface area contributed by atoms with E-state index in [1.54, 1.807) is 0 Å².